The van der Waals surface area contributed by atoms with E-state index in [9.17, 15) is 14.4 Å². The van der Waals surface area contributed by atoms with Crippen molar-refractivity contribution in [3.8, 4) is 0 Å². The number of rotatable bonds is 7. The minimum Gasteiger partial charge on any atom is -0.480 e. The second-order valence-corrected chi connectivity index (χ2v) is 4.82. The minimum atomic E-state index is -1.20. The lowest BCUT2D eigenvalue weighted by Crippen LogP contribution is -2.41. The molecule has 0 saturated heterocycles. The zero-order valence-electron chi connectivity index (χ0n) is 11.5. The topological polar surface area (TPSA) is 92.7 Å². The molecule has 1 aromatic rings. The molecule has 114 valence electrons. The Morgan fingerprint density at radius 1 is 1.38 bits per heavy atom. The van der Waals surface area contributed by atoms with E-state index in [0.717, 1.165) is 0 Å². The van der Waals surface area contributed by atoms with Crippen molar-refractivity contribution in [1.29, 1.82) is 0 Å². The fraction of sp³-hybridized carbons (Fsp3) is 0.357. The number of hydrogen-bond acceptors (Lipinski definition) is 4. The summed E-state index contributed by atoms with van der Waals surface area (Å²) in [5.74, 6) is -2.17. The predicted molar refractivity (Wildman–Crippen MR) is 76.0 cm³/mol. The highest BCUT2D eigenvalue weighted by molar-refractivity contribution is 6.30. The Morgan fingerprint density at radius 3 is 2.67 bits per heavy atom. The Morgan fingerprint density at radius 2 is 2.10 bits per heavy atom. The molecule has 0 fully saturated rings. The van der Waals surface area contributed by atoms with E-state index in [1.165, 1.54) is 7.11 Å². The van der Waals surface area contributed by atoms with Crippen molar-refractivity contribution in [3.05, 3.63) is 34.9 Å². The molecule has 7 heteroatoms. The van der Waals surface area contributed by atoms with Crippen molar-refractivity contribution in [2.24, 2.45) is 0 Å². The molecule has 1 rings (SSSR count). The van der Waals surface area contributed by atoms with Gasteiger partial charge in [-0.05, 0) is 24.1 Å². The molecule has 0 aliphatic rings. The lowest BCUT2D eigenvalue weighted by atomic mass is 10.1. The zero-order valence-corrected chi connectivity index (χ0v) is 12.2. The molecule has 0 aliphatic carbocycles. The van der Waals surface area contributed by atoms with E-state index in [4.69, 9.17) is 16.7 Å². The number of aliphatic carboxylic acids is 1. The number of benzene rings is 1. The van der Waals surface area contributed by atoms with Gasteiger partial charge in [0.1, 0.15) is 6.04 Å². The summed E-state index contributed by atoms with van der Waals surface area (Å²) in [5.41, 5.74) is 0.678. The van der Waals surface area contributed by atoms with Gasteiger partial charge in [0, 0.05) is 11.4 Å². The third-order valence-electron chi connectivity index (χ3n) is 2.75. The number of carboxylic acids is 1. The van der Waals surface area contributed by atoms with E-state index in [-0.39, 0.29) is 19.3 Å². The molecule has 1 atom stereocenters. The van der Waals surface area contributed by atoms with Crippen LogP contribution in [0.3, 0.4) is 0 Å². The fourth-order valence-corrected chi connectivity index (χ4v) is 1.91. The monoisotopic (exact) mass is 313 g/mol. The molecule has 0 radical (unpaired) electrons. The van der Waals surface area contributed by atoms with Gasteiger partial charge in [-0.15, -0.1) is 0 Å². The highest BCUT2D eigenvalue weighted by Gasteiger charge is 2.21. The van der Waals surface area contributed by atoms with Crippen LogP contribution in [0.1, 0.15) is 18.4 Å². The van der Waals surface area contributed by atoms with Gasteiger partial charge >= 0.3 is 11.9 Å². The largest absolute Gasteiger partial charge is 0.480 e. The number of hydrogen-bond donors (Lipinski definition) is 2. The van der Waals surface area contributed by atoms with Crippen molar-refractivity contribution in [2.75, 3.05) is 7.11 Å². The number of amides is 1. The zero-order chi connectivity index (χ0) is 15.8. The number of ether oxygens (including phenoxy) is 1. The maximum Gasteiger partial charge on any atom is 0.326 e. The Hall–Kier alpha value is -2.08. The van der Waals surface area contributed by atoms with Crippen LogP contribution in [0.2, 0.25) is 5.02 Å². The Labute approximate surface area is 127 Å². The number of carbonyl (C=O) groups is 3. The fourth-order valence-electron chi connectivity index (χ4n) is 1.70. The molecule has 0 aromatic heterocycles. The van der Waals surface area contributed by atoms with Gasteiger partial charge in [0.2, 0.25) is 5.91 Å². The van der Waals surface area contributed by atoms with Gasteiger partial charge in [0.15, 0.2) is 0 Å². The maximum absolute atomic E-state index is 11.8. The number of methoxy groups -OCH3 is 1. The summed E-state index contributed by atoms with van der Waals surface area (Å²) in [6, 6.07) is 5.60. The van der Waals surface area contributed by atoms with Crippen LogP contribution < -0.4 is 5.32 Å². The van der Waals surface area contributed by atoms with Crippen molar-refractivity contribution >= 4 is 29.4 Å². The molecule has 21 heavy (non-hydrogen) atoms. The minimum absolute atomic E-state index is 0.0164. The van der Waals surface area contributed by atoms with Gasteiger partial charge in [-0.2, -0.15) is 0 Å². The lowest BCUT2D eigenvalue weighted by molar-refractivity contribution is -0.144. The molecule has 0 spiro atoms. The number of esters is 1. The van der Waals surface area contributed by atoms with Gasteiger partial charge in [-0.1, -0.05) is 23.7 Å². The number of nitrogens with one attached hydrogen (secondary N) is 1. The Kier molecular flexibility index (Phi) is 6.68. The van der Waals surface area contributed by atoms with Crippen molar-refractivity contribution in [3.63, 3.8) is 0 Å². The van der Waals surface area contributed by atoms with Crippen molar-refractivity contribution in [1.82, 2.24) is 5.32 Å². The summed E-state index contributed by atoms with van der Waals surface area (Å²) in [7, 11) is 1.22. The average molecular weight is 314 g/mol. The summed E-state index contributed by atoms with van der Waals surface area (Å²) < 4.78 is 4.43. The van der Waals surface area contributed by atoms with E-state index in [1.807, 2.05) is 0 Å². The van der Waals surface area contributed by atoms with E-state index >= 15 is 0 Å². The smallest absolute Gasteiger partial charge is 0.326 e. The molecule has 1 aromatic carbocycles. The molecule has 6 nitrogen and oxygen atoms in total. The molecule has 0 bridgehead atoms. The first kappa shape index (κ1) is 17.0. The molecule has 0 saturated carbocycles. The van der Waals surface area contributed by atoms with Gasteiger partial charge in [0.25, 0.3) is 0 Å². The number of carboxylic acid groups (broad SMARTS) is 1. The molecule has 0 heterocycles. The van der Waals surface area contributed by atoms with Crippen LogP contribution in [-0.2, 0) is 25.5 Å². The van der Waals surface area contributed by atoms with Crippen LogP contribution in [0.5, 0.6) is 0 Å². The van der Waals surface area contributed by atoms with Crippen molar-refractivity contribution < 1.29 is 24.2 Å². The van der Waals surface area contributed by atoms with Crippen LogP contribution in [0, 0.1) is 0 Å². The molecule has 2 N–H and O–H groups in total. The first-order valence-electron chi connectivity index (χ1n) is 6.25. The SMILES string of the molecule is COC(=O)CCC(NC(=O)Cc1cccc(Cl)c1)C(=O)O. The van der Waals surface area contributed by atoms with E-state index < -0.39 is 23.9 Å². The Bertz CT molecular complexity index is 532. The summed E-state index contributed by atoms with van der Waals surface area (Å²) in [6.45, 7) is 0. The normalized spacial score (nSPS) is 11.5. The van der Waals surface area contributed by atoms with Crippen LogP contribution in [-0.4, -0.2) is 36.1 Å². The maximum atomic E-state index is 11.8. The lowest BCUT2D eigenvalue weighted by Gasteiger charge is -2.14. The summed E-state index contributed by atoms with van der Waals surface area (Å²) in [5, 5.41) is 11.9. The van der Waals surface area contributed by atoms with Gasteiger partial charge in [-0.3, -0.25) is 9.59 Å². The Balaban J connectivity index is 2.56. The molecule has 1 amide bonds. The first-order valence-corrected chi connectivity index (χ1v) is 6.63. The van der Waals surface area contributed by atoms with Gasteiger partial charge < -0.3 is 15.2 Å². The van der Waals surface area contributed by atoms with Crippen LogP contribution in [0.25, 0.3) is 0 Å². The standard InChI is InChI=1S/C14H16ClNO5/c1-21-13(18)6-5-11(14(19)20)16-12(17)8-9-3-2-4-10(15)7-9/h2-4,7,11H,5-6,8H2,1H3,(H,16,17)(H,19,20). The highest BCUT2D eigenvalue weighted by atomic mass is 35.5. The predicted octanol–water partition coefficient (Wildman–Crippen LogP) is 1.41. The molecular weight excluding hydrogens is 298 g/mol. The third kappa shape index (κ3) is 6.27. The van der Waals surface area contributed by atoms with Crippen LogP contribution >= 0.6 is 11.6 Å². The van der Waals surface area contributed by atoms with Crippen LogP contribution in [0.15, 0.2) is 24.3 Å². The average Bonchev–Trinajstić information content (AvgIpc) is 2.42. The second kappa shape index (κ2) is 8.26. The van der Waals surface area contributed by atoms with Gasteiger partial charge in [0.05, 0.1) is 13.5 Å². The quantitative estimate of drug-likeness (QED) is 0.742. The third-order valence-corrected chi connectivity index (χ3v) is 2.99. The van der Waals surface area contributed by atoms with E-state index in [2.05, 4.69) is 10.1 Å². The number of halogens is 1. The summed E-state index contributed by atoms with van der Waals surface area (Å²) in [4.78, 5) is 33.9. The van der Waals surface area contributed by atoms with E-state index in [0.29, 0.717) is 10.6 Å². The molecule has 0 aliphatic heterocycles. The first-order chi connectivity index (χ1) is 9.92. The van der Waals surface area contributed by atoms with Crippen LogP contribution in [0.4, 0.5) is 0 Å². The molecular formula is C14H16ClNO5. The summed E-state index contributed by atoms with van der Waals surface area (Å²) >= 11 is 5.81. The van der Waals surface area contributed by atoms with Crippen molar-refractivity contribution in [2.45, 2.75) is 25.3 Å². The highest BCUT2D eigenvalue weighted by Crippen LogP contribution is 2.11. The summed E-state index contributed by atoms with van der Waals surface area (Å²) in [6.07, 6.45) is -0.0865. The van der Waals surface area contributed by atoms with E-state index in [1.54, 1.807) is 24.3 Å². The van der Waals surface area contributed by atoms with Gasteiger partial charge in [-0.25, -0.2) is 4.79 Å². The second-order valence-electron chi connectivity index (χ2n) is 4.38. The number of carbonyl (C=O) groups excluding carboxylic acids is 2. The molecule has 1 unspecified atom stereocenters.